The molecule has 1 aliphatic heterocycles. The van der Waals surface area contributed by atoms with Crippen LogP contribution in [-0.4, -0.2) is 25.5 Å². The number of nitrogens with zero attached hydrogens (tertiary/aromatic N) is 1. The van der Waals surface area contributed by atoms with Gasteiger partial charge in [-0.25, -0.2) is 0 Å². The lowest BCUT2D eigenvalue weighted by molar-refractivity contribution is -0.117. The molecule has 1 heterocycles. The summed E-state index contributed by atoms with van der Waals surface area (Å²) in [5.41, 5.74) is 2.41. The van der Waals surface area contributed by atoms with Crippen LogP contribution in [0, 0.1) is 5.92 Å². The fraction of sp³-hybridized carbons (Fsp3) is 0.391. The predicted molar refractivity (Wildman–Crippen MR) is 111 cm³/mol. The van der Waals surface area contributed by atoms with Crippen molar-refractivity contribution in [3.63, 3.8) is 0 Å². The maximum atomic E-state index is 12.9. The molecule has 0 aliphatic carbocycles. The number of methoxy groups -OCH3 is 1. The fourth-order valence-corrected chi connectivity index (χ4v) is 3.56. The minimum absolute atomic E-state index is 0.0875. The van der Waals surface area contributed by atoms with Crippen LogP contribution >= 0.6 is 0 Å². The largest absolute Gasteiger partial charge is 0.497 e. The van der Waals surface area contributed by atoms with Crippen LogP contribution in [-0.2, 0) is 4.79 Å². The lowest BCUT2D eigenvalue weighted by Crippen LogP contribution is -2.30. The third-order valence-corrected chi connectivity index (χ3v) is 5.02. The van der Waals surface area contributed by atoms with E-state index in [0.717, 1.165) is 29.8 Å². The monoisotopic (exact) mass is 380 g/mol. The maximum absolute atomic E-state index is 12.9. The highest BCUT2D eigenvalue weighted by Gasteiger charge is 2.23. The van der Waals surface area contributed by atoms with Crippen molar-refractivity contribution in [1.29, 1.82) is 0 Å². The smallest absolute Gasteiger partial charge is 0.251 e. The normalized spacial score (nSPS) is 15.0. The van der Waals surface area contributed by atoms with Crippen LogP contribution in [0.1, 0.15) is 55.1 Å². The highest BCUT2D eigenvalue weighted by atomic mass is 16.5. The van der Waals surface area contributed by atoms with Gasteiger partial charge < -0.3 is 15.0 Å². The van der Waals surface area contributed by atoms with Crippen molar-refractivity contribution in [2.45, 2.75) is 39.2 Å². The van der Waals surface area contributed by atoms with Gasteiger partial charge in [-0.2, -0.15) is 0 Å². The molecule has 5 heteroatoms. The number of carbonyl (C=O) groups is 2. The quantitative estimate of drug-likeness (QED) is 0.777. The molecule has 28 heavy (non-hydrogen) atoms. The van der Waals surface area contributed by atoms with Crippen LogP contribution in [0.25, 0.3) is 0 Å². The molecular formula is C23H28N2O3. The number of hydrogen-bond acceptors (Lipinski definition) is 3. The fourth-order valence-electron chi connectivity index (χ4n) is 3.56. The van der Waals surface area contributed by atoms with Gasteiger partial charge in [-0.15, -0.1) is 0 Å². The Hall–Kier alpha value is -2.82. The molecule has 0 aromatic heterocycles. The average molecular weight is 380 g/mol. The molecular weight excluding hydrogens is 352 g/mol. The molecule has 5 nitrogen and oxygen atoms in total. The third-order valence-electron chi connectivity index (χ3n) is 5.02. The Balaban J connectivity index is 1.78. The van der Waals surface area contributed by atoms with E-state index in [4.69, 9.17) is 4.74 Å². The highest BCUT2D eigenvalue weighted by molar-refractivity contribution is 5.99. The van der Waals surface area contributed by atoms with Crippen LogP contribution < -0.4 is 15.0 Å². The molecule has 0 bridgehead atoms. The maximum Gasteiger partial charge on any atom is 0.251 e. The Kier molecular flexibility index (Phi) is 6.34. The SMILES string of the molecule is COc1ccc(C(CC(C)C)NC(=O)c2cccc(N3CCCC3=O)c2)cc1. The van der Waals surface area contributed by atoms with E-state index in [2.05, 4.69) is 19.2 Å². The van der Waals surface area contributed by atoms with Gasteiger partial charge in [-0.3, -0.25) is 9.59 Å². The number of nitrogens with one attached hydrogen (secondary N) is 1. The molecule has 0 radical (unpaired) electrons. The van der Waals surface area contributed by atoms with E-state index >= 15 is 0 Å². The molecule has 0 spiro atoms. The zero-order valence-electron chi connectivity index (χ0n) is 16.8. The molecule has 148 valence electrons. The van der Waals surface area contributed by atoms with Gasteiger partial charge in [0.05, 0.1) is 13.2 Å². The second kappa shape index (κ2) is 8.91. The molecule has 1 saturated heterocycles. The van der Waals surface area contributed by atoms with E-state index < -0.39 is 0 Å². The summed E-state index contributed by atoms with van der Waals surface area (Å²) in [6, 6.07) is 15.0. The zero-order chi connectivity index (χ0) is 20.1. The molecule has 2 amide bonds. The van der Waals surface area contributed by atoms with Crippen molar-refractivity contribution in [2.24, 2.45) is 5.92 Å². The standard InChI is InChI=1S/C23H28N2O3/c1-16(2)14-21(17-9-11-20(28-3)12-10-17)24-23(27)18-6-4-7-19(15-18)25-13-5-8-22(25)26/h4,6-7,9-12,15-16,21H,5,8,13-14H2,1-3H3,(H,24,27). The van der Waals surface area contributed by atoms with Gasteiger partial charge in [-0.1, -0.05) is 32.0 Å². The van der Waals surface area contributed by atoms with Crippen molar-refractivity contribution in [3.8, 4) is 5.75 Å². The van der Waals surface area contributed by atoms with Crippen molar-refractivity contribution >= 4 is 17.5 Å². The summed E-state index contributed by atoms with van der Waals surface area (Å²) < 4.78 is 5.23. The van der Waals surface area contributed by atoms with Gasteiger partial charge in [-0.05, 0) is 54.7 Å². The summed E-state index contributed by atoms with van der Waals surface area (Å²) >= 11 is 0. The Morgan fingerprint density at radius 2 is 1.93 bits per heavy atom. The summed E-state index contributed by atoms with van der Waals surface area (Å²) in [7, 11) is 1.64. The highest BCUT2D eigenvalue weighted by Crippen LogP contribution is 2.26. The summed E-state index contributed by atoms with van der Waals surface area (Å²) in [4.78, 5) is 26.7. The number of benzene rings is 2. The van der Waals surface area contributed by atoms with E-state index in [1.165, 1.54) is 0 Å². The lowest BCUT2D eigenvalue weighted by atomic mass is 9.96. The number of rotatable bonds is 7. The van der Waals surface area contributed by atoms with E-state index in [-0.39, 0.29) is 17.9 Å². The number of amides is 2. The molecule has 1 N–H and O–H groups in total. The summed E-state index contributed by atoms with van der Waals surface area (Å²) in [6.07, 6.45) is 2.27. The molecule has 0 saturated carbocycles. The van der Waals surface area contributed by atoms with E-state index in [1.807, 2.05) is 36.4 Å². The van der Waals surface area contributed by atoms with E-state index in [9.17, 15) is 9.59 Å². The second-order valence-electron chi connectivity index (χ2n) is 7.63. The van der Waals surface area contributed by atoms with Gasteiger partial charge in [0.2, 0.25) is 5.91 Å². The first-order chi connectivity index (χ1) is 13.5. The average Bonchev–Trinajstić information content (AvgIpc) is 3.13. The molecule has 1 aliphatic rings. The summed E-state index contributed by atoms with van der Waals surface area (Å²) in [5, 5.41) is 3.16. The number of carbonyl (C=O) groups excluding carboxylic acids is 2. The van der Waals surface area contributed by atoms with Crippen LogP contribution in [0.3, 0.4) is 0 Å². The van der Waals surface area contributed by atoms with E-state index in [1.54, 1.807) is 24.1 Å². The Morgan fingerprint density at radius 1 is 1.18 bits per heavy atom. The molecule has 1 unspecified atom stereocenters. The van der Waals surface area contributed by atoms with Gasteiger partial charge in [0.15, 0.2) is 0 Å². The minimum atomic E-state index is -0.130. The van der Waals surface area contributed by atoms with Crippen LogP contribution in [0.15, 0.2) is 48.5 Å². The first kappa shape index (κ1) is 19.9. The van der Waals surface area contributed by atoms with Crippen LogP contribution in [0.2, 0.25) is 0 Å². The van der Waals surface area contributed by atoms with Crippen molar-refractivity contribution < 1.29 is 14.3 Å². The zero-order valence-corrected chi connectivity index (χ0v) is 16.8. The Bertz CT molecular complexity index is 830. The predicted octanol–water partition coefficient (Wildman–Crippen LogP) is 4.34. The molecule has 1 atom stereocenters. The molecule has 2 aromatic rings. The summed E-state index contributed by atoms with van der Waals surface area (Å²) in [5.74, 6) is 1.21. The third kappa shape index (κ3) is 4.71. The van der Waals surface area contributed by atoms with Crippen molar-refractivity contribution in [3.05, 3.63) is 59.7 Å². The van der Waals surface area contributed by atoms with Gasteiger partial charge in [0.25, 0.3) is 5.91 Å². The lowest BCUT2D eigenvalue weighted by Gasteiger charge is -2.22. The first-order valence-corrected chi connectivity index (χ1v) is 9.83. The van der Waals surface area contributed by atoms with Gasteiger partial charge in [0, 0.05) is 24.2 Å². The minimum Gasteiger partial charge on any atom is -0.497 e. The molecule has 3 rings (SSSR count). The Labute approximate surface area is 166 Å². The number of anilines is 1. The first-order valence-electron chi connectivity index (χ1n) is 9.83. The van der Waals surface area contributed by atoms with Crippen LogP contribution in [0.5, 0.6) is 5.75 Å². The van der Waals surface area contributed by atoms with Gasteiger partial charge in [0.1, 0.15) is 5.75 Å². The van der Waals surface area contributed by atoms with Crippen molar-refractivity contribution in [2.75, 3.05) is 18.6 Å². The van der Waals surface area contributed by atoms with Crippen molar-refractivity contribution in [1.82, 2.24) is 5.32 Å². The summed E-state index contributed by atoms with van der Waals surface area (Å²) in [6.45, 7) is 5.00. The number of ether oxygens (including phenoxy) is 1. The van der Waals surface area contributed by atoms with E-state index in [0.29, 0.717) is 24.4 Å². The van der Waals surface area contributed by atoms with Gasteiger partial charge >= 0.3 is 0 Å². The van der Waals surface area contributed by atoms with Crippen LogP contribution in [0.4, 0.5) is 5.69 Å². The second-order valence-corrected chi connectivity index (χ2v) is 7.63. The topological polar surface area (TPSA) is 58.6 Å². The number of hydrogen-bond donors (Lipinski definition) is 1. The molecule has 2 aromatic carbocycles. The Morgan fingerprint density at radius 3 is 2.54 bits per heavy atom. The molecule has 1 fully saturated rings.